The zero-order valence-electron chi connectivity index (χ0n) is 11.2. The van der Waals surface area contributed by atoms with Gasteiger partial charge in [-0.05, 0) is 24.1 Å². The van der Waals surface area contributed by atoms with Gasteiger partial charge in [-0.1, -0.05) is 22.0 Å². The molecule has 0 radical (unpaired) electrons. The first-order chi connectivity index (χ1) is 9.11. The van der Waals surface area contributed by atoms with Crippen molar-refractivity contribution in [3.8, 4) is 0 Å². The van der Waals surface area contributed by atoms with Crippen molar-refractivity contribution >= 4 is 27.5 Å². The molecule has 0 aliphatic carbocycles. The number of hydrogen-bond donors (Lipinski definition) is 1. The molecule has 19 heavy (non-hydrogen) atoms. The number of nitrogens with zero attached hydrogens (tertiary/aromatic N) is 2. The Hall–Kier alpha value is -1.07. The van der Waals surface area contributed by atoms with E-state index in [9.17, 15) is 4.79 Å². The number of nitrogens with two attached hydrogens (primary N) is 1. The Bertz CT molecular complexity index is 464. The fourth-order valence-corrected chi connectivity index (χ4v) is 2.83. The molecule has 1 fully saturated rings. The van der Waals surface area contributed by atoms with Crippen LogP contribution in [-0.2, 0) is 11.3 Å². The number of carbonyl (C=O) groups is 1. The van der Waals surface area contributed by atoms with Gasteiger partial charge in [0.2, 0.25) is 5.91 Å². The molecule has 0 spiro atoms. The summed E-state index contributed by atoms with van der Waals surface area (Å²) >= 11 is 3.51. The SMILES string of the molecule is CC(=O)N1CCCN(c2cc(Br)ccc2CN)CC1. The lowest BCUT2D eigenvalue weighted by atomic mass is 10.1. The molecule has 1 heterocycles. The number of halogens is 1. The monoisotopic (exact) mass is 325 g/mol. The lowest BCUT2D eigenvalue weighted by molar-refractivity contribution is -0.128. The summed E-state index contributed by atoms with van der Waals surface area (Å²) in [4.78, 5) is 15.7. The second kappa shape index (κ2) is 6.39. The number of benzene rings is 1. The van der Waals surface area contributed by atoms with E-state index < -0.39 is 0 Å². The zero-order valence-corrected chi connectivity index (χ0v) is 12.8. The third-order valence-corrected chi connectivity index (χ3v) is 4.04. The van der Waals surface area contributed by atoms with Gasteiger partial charge < -0.3 is 15.5 Å². The van der Waals surface area contributed by atoms with Gasteiger partial charge in [0.1, 0.15) is 0 Å². The summed E-state index contributed by atoms with van der Waals surface area (Å²) in [5.74, 6) is 0.162. The van der Waals surface area contributed by atoms with Gasteiger partial charge in [0.05, 0.1) is 0 Å². The average Bonchev–Trinajstić information content (AvgIpc) is 2.64. The number of rotatable bonds is 2. The second-order valence-corrected chi connectivity index (χ2v) is 5.74. The average molecular weight is 326 g/mol. The molecule has 1 aromatic carbocycles. The van der Waals surface area contributed by atoms with E-state index in [1.54, 1.807) is 6.92 Å². The molecule has 1 aliphatic rings. The number of amides is 1. The van der Waals surface area contributed by atoms with Crippen LogP contribution in [0.15, 0.2) is 22.7 Å². The van der Waals surface area contributed by atoms with Gasteiger partial charge in [-0.25, -0.2) is 0 Å². The summed E-state index contributed by atoms with van der Waals surface area (Å²) in [5.41, 5.74) is 8.15. The minimum atomic E-state index is 0.162. The van der Waals surface area contributed by atoms with Crippen LogP contribution in [0.4, 0.5) is 5.69 Å². The number of anilines is 1. The first-order valence-electron chi connectivity index (χ1n) is 6.61. The quantitative estimate of drug-likeness (QED) is 0.904. The smallest absolute Gasteiger partial charge is 0.219 e. The topological polar surface area (TPSA) is 49.6 Å². The minimum Gasteiger partial charge on any atom is -0.369 e. The minimum absolute atomic E-state index is 0.162. The van der Waals surface area contributed by atoms with E-state index in [1.165, 1.54) is 5.69 Å². The predicted molar refractivity (Wildman–Crippen MR) is 81.1 cm³/mol. The Kier molecular flexibility index (Phi) is 4.82. The van der Waals surface area contributed by atoms with Crippen molar-refractivity contribution in [2.75, 3.05) is 31.1 Å². The van der Waals surface area contributed by atoms with E-state index in [1.807, 2.05) is 11.0 Å². The van der Waals surface area contributed by atoms with Gasteiger partial charge in [0, 0.05) is 49.8 Å². The maximum atomic E-state index is 11.5. The normalized spacial score (nSPS) is 16.4. The van der Waals surface area contributed by atoms with E-state index in [4.69, 9.17) is 5.73 Å². The van der Waals surface area contributed by atoms with Crippen LogP contribution in [0.2, 0.25) is 0 Å². The molecule has 1 aromatic rings. The summed E-state index contributed by atoms with van der Waals surface area (Å²) in [7, 11) is 0. The summed E-state index contributed by atoms with van der Waals surface area (Å²) in [6.07, 6.45) is 0.996. The Labute approximate surface area is 122 Å². The molecular formula is C14H20BrN3O. The van der Waals surface area contributed by atoms with Crippen LogP contribution in [0.3, 0.4) is 0 Å². The van der Waals surface area contributed by atoms with Crippen LogP contribution >= 0.6 is 15.9 Å². The molecule has 1 amide bonds. The standard InChI is InChI=1S/C14H20BrN3O/c1-11(19)17-5-2-6-18(8-7-17)14-9-13(15)4-3-12(14)10-16/h3-4,9H,2,5-8,10,16H2,1H3. The summed E-state index contributed by atoms with van der Waals surface area (Å²) in [5, 5.41) is 0. The number of hydrogen-bond acceptors (Lipinski definition) is 3. The van der Waals surface area contributed by atoms with Crippen molar-refractivity contribution in [2.45, 2.75) is 19.9 Å². The molecule has 0 bridgehead atoms. The highest BCUT2D eigenvalue weighted by atomic mass is 79.9. The maximum absolute atomic E-state index is 11.5. The highest BCUT2D eigenvalue weighted by Gasteiger charge is 2.18. The van der Waals surface area contributed by atoms with Crippen molar-refractivity contribution in [3.05, 3.63) is 28.2 Å². The van der Waals surface area contributed by atoms with Gasteiger partial charge in [-0.2, -0.15) is 0 Å². The summed E-state index contributed by atoms with van der Waals surface area (Å²) < 4.78 is 1.06. The van der Waals surface area contributed by atoms with Gasteiger partial charge in [0.15, 0.2) is 0 Å². The van der Waals surface area contributed by atoms with Crippen LogP contribution < -0.4 is 10.6 Å². The van der Waals surface area contributed by atoms with E-state index in [0.717, 1.165) is 42.6 Å². The Morgan fingerprint density at radius 1 is 1.32 bits per heavy atom. The van der Waals surface area contributed by atoms with Gasteiger partial charge in [-0.3, -0.25) is 4.79 Å². The molecule has 2 rings (SSSR count). The first kappa shape index (κ1) is 14.3. The molecule has 1 aliphatic heterocycles. The van der Waals surface area contributed by atoms with Crippen LogP contribution in [0, 0.1) is 0 Å². The lowest BCUT2D eigenvalue weighted by Crippen LogP contribution is -2.34. The van der Waals surface area contributed by atoms with Crippen LogP contribution in [-0.4, -0.2) is 37.0 Å². The maximum Gasteiger partial charge on any atom is 0.219 e. The lowest BCUT2D eigenvalue weighted by Gasteiger charge is -2.25. The van der Waals surface area contributed by atoms with Crippen molar-refractivity contribution in [1.29, 1.82) is 0 Å². The van der Waals surface area contributed by atoms with Gasteiger partial charge >= 0.3 is 0 Å². The zero-order chi connectivity index (χ0) is 13.8. The third kappa shape index (κ3) is 3.48. The summed E-state index contributed by atoms with van der Waals surface area (Å²) in [6.45, 7) is 5.63. The largest absolute Gasteiger partial charge is 0.369 e. The molecule has 0 unspecified atom stereocenters. The Balaban J connectivity index is 2.18. The Morgan fingerprint density at radius 2 is 2.11 bits per heavy atom. The molecule has 4 nitrogen and oxygen atoms in total. The fourth-order valence-electron chi connectivity index (χ4n) is 2.48. The van der Waals surface area contributed by atoms with E-state index in [0.29, 0.717) is 6.54 Å². The van der Waals surface area contributed by atoms with E-state index in [-0.39, 0.29) is 5.91 Å². The highest BCUT2D eigenvalue weighted by Crippen LogP contribution is 2.26. The molecule has 1 saturated heterocycles. The molecule has 0 aromatic heterocycles. The van der Waals surface area contributed by atoms with Crippen molar-refractivity contribution in [2.24, 2.45) is 5.73 Å². The van der Waals surface area contributed by atoms with Crippen molar-refractivity contribution in [1.82, 2.24) is 4.90 Å². The third-order valence-electron chi connectivity index (χ3n) is 3.55. The van der Waals surface area contributed by atoms with Crippen molar-refractivity contribution in [3.63, 3.8) is 0 Å². The number of carbonyl (C=O) groups excluding carboxylic acids is 1. The fraction of sp³-hybridized carbons (Fsp3) is 0.500. The van der Waals surface area contributed by atoms with E-state index >= 15 is 0 Å². The highest BCUT2D eigenvalue weighted by molar-refractivity contribution is 9.10. The first-order valence-corrected chi connectivity index (χ1v) is 7.40. The molecule has 104 valence electrons. The van der Waals surface area contributed by atoms with Gasteiger partial charge in [-0.15, -0.1) is 0 Å². The van der Waals surface area contributed by atoms with Gasteiger partial charge in [0.25, 0.3) is 0 Å². The molecule has 0 atom stereocenters. The van der Waals surface area contributed by atoms with Crippen molar-refractivity contribution < 1.29 is 4.79 Å². The van der Waals surface area contributed by atoms with Crippen LogP contribution in [0.25, 0.3) is 0 Å². The predicted octanol–water partition coefficient (Wildman–Crippen LogP) is 1.97. The molecule has 2 N–H and O–H groups in total. The molecule has 0 saturated carbocycles. The molecule has 5 heteroatoms. The summed E-state index contributed by atoms with van der Waals surface area (Å²) in [6, 6.07) is 6.20. The van der Waals surface area contributed by atoms with Crippen LogP contribution in [0.1, 0.15) is 18.9 Å². The Morgan fingerprint density at radius 3 is 2.79 bits per heavy atom. The van der Waals surface area contributed by atoms with E-state index in [2.05, 4.69) is 33.0 Å². The van der Waals surface area contributed by atoms with Crippen LogP contribution in [0.5, 0.6) is 0 Å². The second-order valence-electron chi connectivity index (χ2n) is 4.82. The molecular weight excluding hydrogens is 306 g/mol.